The third kappa shape index (κ3) is 3.49. The average molecular weight is 280 g/mol. The van der Waals surface area contributed by atoms with E-state index in [-0.39, 0.29) is 18.5 Å². The third-order valence-corrected chi connectivity index (χ3v) is 3.80. The van der Waals surface area contributed by atoms with Gasteiger partial charge in [0.25, 0.3) is 0 Å². The number of nitrogens with one attached hydrogen (secondary N) is 1. The van der Waals surface area contributed by atoms with Gasteiger partial charge < -0.3 is 15.3 Å². The van der Waals surface area contributed by atoms with Crippen LogP contribution in [0.2, 0.25) is 0 Å². The average Bonchev–Trinajstić information content (AvgIpc) is 3.26. The Hall–Kier alpha value is -1.13. The molecule has 1 atom stereocenters. The van der Waals surface area contributed by atoms with E-state index in [0.717, 1.165) is 37.1 Å². The number of benzene rings is 1. The van der Waals surface area contributed by atoms with Crippen molar-refractivity contribution < 1.29 is 9.50 Å². The lowest BCUT2D eigenvalue weighted by molar-refractivity contribution is 0.301. The van der Waals surface area contributed by atoms with Crippen LogP contribution in [0.3, 0.4) is 0 Å². The summed E-state index contributed by atoms with van der Waals surface area (Å²) in [5, 5.41) is 12.6. The van der Waals surface area contributed by atoms with E-state index in [4.69, 9.17) is 0 Å². The Balaban J connectivity index is 2.28. The first-order valence-electron chi connectivity index (χ1n) is 7.58. The summed E-state index contributed by atoms with van der Waals surface area (Å²) in [6.45, 7) is 5.65. The molecule has 0 spiro atoms. The Kier molecular flexibility index (Phi) is 5.38. The minimum absolute atomic E-state index is 0.0221. The zero-order valence-corrected chi connectivity index (χ0v) is 12.4. The summed E-state index contributed by atoms with van der Waals surface area (Å²) < 4.78 is 14.3. The van der Waals surface area contributed by atoms with Crippen LogP contribution in [-0.2, 0) is 0 Å². The molecule has 4 heteroatoms. The monoisotopic (exact) mass is 280 g/mol. The maximum absolute atomic E-state index is 14.3. The van der Waals surface area contributed by atoms with Gasteiger partial charge in [0.05, 0.1) is 6.61 Å². The number of halogens is 1. The topological polar surface area (TPSA) is 35.5 Å². The minimum Gasteiger partial charge on any atom is -0.395 e. The predicted octanol–water partition coefficient (Wildman–Crippen LogP) is 2.85. The molecule has 3 nitrogen and oxygen atoms in total. The smallest absolute Gasteiger partial charge is 0.130 e. The lowest BCUT2D eigenvalue weighted by atomic mass is 10.0. The molecule has 0 radical (unpaired) electrons. The van der Waals surface area contributed by atoms with Crippen molar-refractivity contribution >= 4 is 5.69 Å². The molecule has 1 aliphatic carbocycles. The van der Waals surface area contributed by atoms with E-state index in [1.807, 2.05) is 13.0 Å². The van der Waals surface area contributed by atoms with E-state index in [9.17, 15) is 9.50 Å². The molecule has 0 heterocycles. The van der Waals surface area contributed by atoms with Crippen molar-refractivity contribution in [3.05, 3.63) is 29.6 Å². The van der Waals surface area contributed by atoms with Crippen LogP contribution >= 0.6 is 0 Å². The molecule has 2 rings (SSSR count). The lowest BCUT2D eigenvalue weighted by Crippen LogP contribution is -2.32. The van der Waals surface area contributed by atoms with Crippen LogP contribution in [0.5, 0.6) is 0 Å². The van der Waals surface area contributed by atoms with Gasteiger partial charge in [-0.25, -0.2) is 4.39 Å². The largest absolute Gasteiger partial charge is 0.395 e. The van der Waals surface area contributed by atoms with Gasteiger partial charge in [0.2, 0.25) is 0 Å². The number of nitrogens with zero attached hydrogens (tertiary/aromatic N) is 1. The van der Waals surface area contributed by atoms with Gasteiger partial charge in [0.15, 0.2) is 0 Å². The van der Waals surface area contributed by atoms with Crippen molar-refractivity contribution in [3.8, 4) is 0 Å². The second-order valence-electron chi connectivity index (χ2n) is 5.50. The van der Waals surface area contributed by atoms with E-state index in [1.165, 1.54) is 6.07 Å². The molecule has 0 amide bonds. The molecule has 1 aromatic rings. The summed E-state index contributed by atoms with van der Waals surface area (Å²) in [5.74, 6) is -0.165. The summed E-state index contributed by atoms with van der Waals surface area (Å²) in [6, 6.07) is 5.68. The summed E-state index contributed by atoms with van der Waals surface area (Å²) in [7, 11) is 0. The number of hydrogen-bond donors (Lipinski definition) is 2. The number of anilines is 1. The molecule has 1 fully saturated rings. The van der Waals surface area contributed by atoms with Crippen molar-refractivity contribution in [1.29, 1.82) is 0 Å². The van der Waals surface area contributed by atoms with E-state index in [0.29, 0.717) is 12.6 Å². The van der Waals surface area contributed by atoms with Gasteiger partial charge in [-0.05, 0) is 44.9 Å². The Labute approximate surface area is 120 Å². The Morgan fingerprint density at radius 3 is 2.80 bits per heavy atom. The first-order valence-corrected chi connectivity index (χ1v) is 7.58. The van der Waals surface area contributed by atoms with Gasteiger partial charge >= 0.3 is 0 Å². The minimum atomic E-state index is -0.165. The highest BCUT2D eigenvalue weighted by molar-refractivity contribution is 5.57. The van der Waals surface area contributed by atoms with E-state index >= 15 is 0 Å². The number of hydrogen-bond acceptors (Lipinski definition) is 3. The molecule has 0 aromatic heterocycles. The summed E-state index contributed by atoms with van der Waals surface area (Å²) in [6.07, 6.45) is 3.29. The van der Waals surface area contributed by atoms with E-state index in [1.54, 1.807) is 6.07 Å². The van der Waals surface area contributed by atoms with Crippen LogP contribution in [0.15, 0.2) is 18.2 Å². The zero-order valence-electron chi connectivity index (χ0n) is 12.4. The normalized spacial score (nSPS) is 16.2. The second kappa shape index (κ2) is 7.04. The van der Waals surface area contributed by atoms with Crippen LogP contribution in [0.4, 0.5) is 10.1 Å². The van der Waals surface area contributed by atoms with Gasteiger partial charge in [-0.1, -0.05) is 13.0 Å². The van der Waals surface area contributed by atoms with Crippen LogP contribution in [-0.4, -0.2) is 30.8 Å². The molecule has 0 bridgehead atoms. The standard InChI is InChI=1S/C16H25FN2O/c1-3-9-18-12(2)16-14(17)5-4-6-15(16)19(10-11-20)13-7-8-13/h4-6,12-13,18,20H,3,7-11H2,1-2H3. The van der Waals surface area contributed by atoms with Crippen molar-refractivity contribution in [2.75, 3.05) is 24.6 Å². The number of aliphatic hydroxyl groups excluding tert-OH is 1. The molecule has 20 heavy (non-hydrogen) atoms. The summed E-state index contributed by atoms with van der Waals surface area (Å²) in [5.41, 5.74) is 1.65. The van der Waals surface area contributed by atoms with Crippen LogP contribution in [0, 0.1) is 5.82 Å². The molecule has 0 aliphatic heterocycles. The number of aliphatic hydroxyl groups is 1. The number of rotatable bonds is 8. The highest BCUT2D eigenvalue weighted by Gasteiger charge is 2.31. The van der Waals surface area contributed by atoms with E-state index in [2.05, 4.69) is 17.1 Å². The fourth-order valence-electron chi connectivity index (χ4n) is 2.66. The fraction of sp³-hybridized carbons (Fsp3) is 0.625. The van der Waals surface area contributed by atoms with Crippen LogP contribution in [0.1, 0.15) is 44.7 Å². The molecular weight excluding hydrogens is 255 g/mol. The van der Waals surface area contributed by atoms with Crippen molar-refractivity contribution in [3.63, 3.8) is 0 Å². The summed E-state index contributed by atoms with van der Waals surface area (Å²) >= 11 is 0. The van der Waals surface area contributed by atoms with Crippen LogP contribution in [0.25, 0.3) is 0 Å². The molecule has 1 aliphatic rings. The molecular formula is C16H25FN2O. The van der Waals surface area contributed by atoms with Gasteiger partial charge in [0, 0.05) is 29.9 Å². The fourth-order valence-corrected chi connectivity index (χ4v) is 2.66. The third-order valence-electron chi connectivity index (χ3n) is 3.80. The van der Waals surface area contributed by atoms with Crippen LogP contribution < -0.4 is 10.2 Å². The first kappa shape index (κ1) is 15.3. The van der Waals surface area contributed by atoms with Gasteiger partial charge in [0.1, 0.15) is 5.82 Å². The molecule has 0 saturated heterocycles. The molecule has 1 unspecified atom stereocenters. The lowest BCUT2D eigenvalue weighted by Gasteiger charge is -2.29. The Morgan fingerprint density at radius 2 is 2.20 bits per heavy atom. The van der Waals surface area contributed by atoms with Crippen molar-refractivity contribution in [1.82, 2.24) is 5.32 Å². The maximum Gasteiger partial charge on any atom is 0.130 e. The van der Waals surface area contributed by atoms with Crippen molar-refractivity contribution in [2.45, 2.75) is 45.2 Å². The Morgan fingerprint density at radius 1 is 1.45 bits per heavy atom. The predicted molar refractivity (Wildman–Crippen MR) is 80.6 cm³/mol. The molecule has 2 N–H and O–H groups in total. The quantitative estimate of drug-likeness (QED) is 0.768. The highest BCUT2D eigenvalue weighted by Crippen LogP contribution is 2.36. The molecule has 1 aromatic carbocycles. The molecule has 1 saturated carbocycles. The van der Waals surface area contributed by atoms with Gasteiger partial charge in [-0.3, -0.25) is 0 Å². The maximum atomic E-state index is 14.3. The van der Waals surface area contributed by atoms with Gasteiger partial charge in [-0.15, -0.1) is 0 Å². The second-order valence-corrected chi connectivity index (χ2v) is 5.50. The zero-order chi connectivity index (χ0) is 14.5. The van der Waals surface area contributed by atoms with Gasteiger partial charge in [-0.2, -0.15) is 0 Å². The summed E-state index contributed by atoms with van der Waals surface area (Å²) in [4.78, 5) is 2.16. The van der Waals surface area contributed by atoms with E-state index < -0.39 is 0 Å². The SMILES string of the molecule is CCCNC(C)c1c(F)cccc1N(CCO)C1CC1. The Bertz CT molecular complexity index is 434. The molecule has 112 valence electrons. The highest BCUT2D eigenvalue weighted by atomic mass is 19.1. The van der Waals surface area contributed by atoms with Crippen molar-refractivity contribution in [2.24, 2.45) is 0 Å². The first-order chi connectivity index (χ1) is 9.69.